The number of aliphatic hydroxyl groups is 1. The molecule has 0 amide bonds. The third kappa shape index (κ3) is 4.82. The zero-order chi connectivity index (χ0) is 16.2. The van der Waals surface area contributed by atoms with Crippen LogP contribution in [0.3, 0.4) is 0 Å². The number of halogens is 2. The maximum Gasteiger partial charge on any atom is 0.337 e. The standard InChI is InChI=1S/C12H15Cl2NO5S/c1-7(2-3-16)6-15-21(19,20)11-4-8(12(17)18)9(13)5-10(11)14/h4-5,7,15-16H,2-3,6H2,1H3,(H,17,18). The molecule has 1 atom stereocenters. The van der Waals surface area contributed by atoms with Crippen LogP contribution >= 0.6 is 23.2 Å². The number of nitrogens with one attached hydrogen (secondary N) is 1. The molecule has 1 aromatic carbocycles. The number of rotatable bonds is 7. The van der Waals surface area contributed by atoms with Gasteiger partial charge in [0.1, 0.15) is 4.90 Å². The summed E-state index contributed by atoms with van der Waals surface area (Å²) in [6, 6.07) is 2.00. The number of sulfonamides is 1. The molecule has 3 N–H and O–H groups in total. The van der Waals surface area contributed by atoms with E-state index in [2.05, 4.69) is 4.72 Å². The first kappa shape index (κ1) is 18.2. The van der Waals surface area contributed by atoms with E-state index in [1.165, 1.54) is 0 Å². The second-order valence-electron chi connectivity index (χ2n) is 4.54. The lowest BCUT2D eigenvalue weighted by atomic mass is 10.1. The van der Waals surface area contributed by atoms with Gasteiger partial charge in [-0.05, 0) is 24.5 Å². The zero-order valence-electron chi connectivity index (χ0n) is 11.1. The molecule has 1 aromatic rings. The first-order valence-electron chi connectivity index (χ1n) is 6.02. The van der Waals surface area contributed by atoms with Crippen LogP contribution in [0.25, 0.3) is 0 Å². The van der Waals surface area contributed by atoms with Crippen molar-refractivity contribution in [3.05, 3.63) is 27.7 Å². The zero-order valence-corrected chi connectivity index (χ0v) is 13.5. The van der Waals surface area contributed by atoms with E-state index in [4.69, 9.17) is 33.4 Å². The van der Waals surface area contributed by atoms with Crippen LogP contribution in [0.1, 0.15) is 23.7 Å². The van der Waals surface area contributed by atoms with Gasteiger partial charge in [-0.3, -0.25) is 0 Å². The quantitative estimate of drug-likeness (QED) is 0.693. The normalized spacial score (nSPS) is 13.1. The highest BCUT2D eigenvalue weighted by molar-refractivity contribution is 7.89. The molecule has 0 radical (unpaired) electrons. The Labute approximate surface area is 132 Å². The van der Waals surface area contributed by atoms with Crippen LogP contribution in [0.2, 0.25) is 10.0 Å². The Morgan fingerprint density at radius 2 is 1.95 bits per heavy atom. The highest BCUT2D eigenvalue weighted by atomic mass is 35.5. The largest absolute Gasteiger partial charge is 0.478 e. The Morgan fingerprint density at radius 3 is 2.48 bits per heavy atom. The fraction of sp³-hybridized carbons (Fsp3) is 0.417. The Balaban J connectivity index is 3.08. The Kier molecular flexibility index (Phi) is 6.42. The fourth-order valence-electron chi connectivity index (χ4n) is 1.55. The number of carboxylic acid groups (broad SMARTS) is 1. The van der Waals surface area contributed by atoms with Crippen molar-refractivity contribution in [1.82, 2.24) is 4.72 Å². The summed E-state index contributed by atoms with van der Waals surface area (Å²) in [4.78, 5) is 10.6. The first-order chi connectivity index (χ1) is 9.69. The minimum Gasteiger partial charge on any atom is -0.478 e. The van der Waals surface area contributed by atoms with Gasteiger partial charge in [-0.1, -0.05) is 30.1 Å². The smallest absolute Gasteiger partial charge is 0.337 e. The van der Waals surface area contributed by atoms with E-state index in [9.17, 15) is 13.2 Å². The number of aromatic carboxylic acids is 1. The Bertz CT molecular complexity index is 633. The summed E-state index contributed by atoms with van der Waals surface area (Å²) in [6.07, 6.45) is 0.442. The van der Waals surface area contributed by atoms with Crippen molar-refractivity contribution in [2.75, 3.05) is 13.2 Å². The van der Waals surface area contributed by atoms with Gasteiger partial charge in [0.05, 0.1) is 15.6 Å². The molecule has 0 bridgehead atoms. The molecule has 1 rings (SSSR count). The molecule has 0 saturated heterocycles. The number of hydrogen-bond donors (Lipinski definition) is 3. The topological polar surface area (TPSA) is 104 Å². The lowest BCUT2D eigenvalue weighted by Gasteiger charge is -2.13. The van der Waals surface area contributed by atoms with Crippen LogP contribution in [0.15, 0.2) is 17.0 Å². The molecule has 0 aliphatic heterocycles. The van der Waals surface area contributed by atoms with Gasteiger partial charge in [0.15, 0.2) is 0 Å². The minimum atomic E-state index is -3.96. The summed E-state index contributed by atoms with van der Waals surface area (Å²) in [5.74, 6) is -1.42. The highest BCUT2D eigenvalue weighted by Crippen LogP contribution is 2.28. The summed E-state index contributed by atoms with van der Waals surface area (Å²) in [7, 11) is -3.96. The molecule has 9 heteroatoms. The van der Waals surface area contributed by atoms with Crippen LogP contribution < -0.4 is 4.72 Å². The van der Waals surface area contributed by atoms with E-state index in [0.717, 1.165) is 12.1 Å². The van der Waals surface area contributed by atoms with Crippen molar-refractivity contribution in [3.8, 4) is 0 Å². The second kappa shape index (κ2) is 7.42. The van der Waals surface area contributed by atoms with E-state index in [1.54, 1.807) is 6.92 Å². The lowest BCUT2D eigenvalue weighted by molar-refractivity contribution is 0.0697. The van der Waals surface area contributed by atoms with Gasteiger partial charge < -0.3 is 10.2 Å². The molecule has 118 valence electrons. The van der Waals surface area contributed by atoms with Gasteiger partial charge in [-0.25, -0.2) is 17.9 Å². The van der Waals surface area contributed by atoms with Gasteiger partial charge in [-0.2, -0.15) is 0 Å². The summed E-state index contributed by atoms with van der Waals surface area (Å²) in [5.41, 5.74) is -0.343. The van der Waals surface area contributed by atoms with Crippen molar-refractivity contribution < 1.29 is 23.4 Å². The average Bonchev–Trinajstić information content (AvgIpc) is 2.36. The molecule has 0 fully saturated rings. The van der Waals surface area contributed by atoms with Crippen molar-refractivity contribution in [1.29, 1.82) is 0 Å². The van der Waals surface area contributed by atoms with E-state index < -0.39 is 16.0 Å². The molecule has 21 heavy (non-hydrogen) atoms. The third-order valence-corrected chi connectivity index (χ3v) is 4.99. The van der Waals surface area contributed by atoms with E-state index >= 15 is 0 Å². The molecular weight excluding hydrogens is 341 g/mol. The predicted molar refractivity (Wildman–Crippen MR) is 79.5 cm³/mol. The maximum atomic E-state index is 12.2. The van der Waals surface area contributed by atoms with E-state index in [0.29, 0.717) is 6.42 Å². The third-order valence-electron chi connectivity index (χ3n) is 2.79. The molecule has 0 spiro atoms. The SMILES string of the molecule is CC(CCO)CNS(=O)(=O)c1cc(C(=O)O)c(Cl)cc1Cl. The van der Waals surface area contributed by atoms with Crippen LogP contribution in [0.4, 0.5) is 0 Å². The van der Waals surface area contributed by atoms with Crippen molar-refractivity contribution in [2.24, 2.45) is 5.92 Å². The number of hydrogen-bond acceptors (Lipinski definition) is 4. The summed E-state index contributed by atoms with van der Waals surface area (Å²) < 4.78 is 26.6. The number of aliphatic hydroxyl groups excluding tert-OH is 1. The molecule has 6 nitrogen and oxygen atoms in total. The van der Waals surface area contributed by atoms with Gasteiger partial charge in [0.25, 0.3) is 0 Å². The van der Waals surface area contributed by atoms with Gasteiger partial charge in [0, 0.05) is 13.2 Å². The van der Waals surface area contributed by atoms with Crippen molar-refractivity contribution >= 4 is 39.2 Å². The minimum absolute atomic E-state index is 0.0479. The monoisotopic (exact) mass is 355 g/mol. The van der Waals surface area contributed by atoms with Crippen LogP contribution in [0, 0.1) is 5.92 Å². The molecule has 0 aliphatic rings. The molecule has 0 heterocycles. The van der Waals surface area contributed by atoms with Crippen LogP contribution in [0.5, 0.6) is 0 Å². The average molecular weight is 356 g/mol. The summed E-state index contributed by atoms with van der Waals surface area (Å²) >= 11 is 11.5. The Morgan fingerprint density at radius 1 is 1.33 bits per heavy atom. The predicted octanol–water partition coefficient (Wildman–Crippen LogP) is 1.99. The van der Waals surface area contributed by atoms with Crippen LogP contribution in [-0.2, 0) is 10.0 Å². The number of benzene rings is 1. The van der Waals surface area contributed by atoms with Gasteiger partial charge >= 0.3 is 5.97 Å². The summed E-state index contributed by atoms with van der Waals surface area (Å²) in [6.45, 7) is 1.82. The fourth-order valence-corrected chi connectivity index (χ4v) is 3.57. The Hall–Kier alpha value is -0.860. The molecular formula is C12H15Cl2NO5S. The van der Waals surface area contributed by atoms with E-state index in [1.807, 2.05) is 0 Å². The van der Waals surface area contributed by atoms with Crippen molar-refractivity contribution in [3.63, 3.8) is 0 Å². The molecule has 0 aliphatic carbocycles. The lowest BCUT2D eigenvalue weighted by Crippen LogP contribution is -2.29. The van der Waals surface area contributed by atoms with E-state index in [-0.39, 0.29) is 39.6 Å². The molecule has 0 aromatic heterocycles. The summed E-state index contributed by atoms with van der Waals surface area (Å²) in [5, 5.41) is 17.4. The molecule has 1 unspecified atom stereocenters. The number of carboxylic acids is 1. The van der Waals surface area contributed by atoms with Gasteiger partial charge in [0.2, 0.25) is 10.0 Å². The molecule has 0 saturated carbocycles. The van der Waals surface area contributed by atoms with Crippen LogP contribution in [-0.4, -0.2) is 37.8 Å². The first-order valence-corrected chi connectivity index (χ1v) is 8.25. The van der Waals surface area contributed by atoms with Crippen molar-refractivity contribution in [2.45, 2.75) is 18.2 Å². The highest BCUT2D eigenvalue weighted by Gasteiger charge is 2.22. The maximum absolute atomic E-state index is 12.2. The second-order valence-corrected chi connectivity index (χ2v) is 7.09. The number of carbonyl (C=O) groups is 1. The van der Waals surface area contributed by atoms with Gasteiger partial charge in [-0.15, -0.1) is 0 Å².